The van der Waals surface area contributed by atoms with Crippen LogP contribution in [-0.4, -0.2) is 26.0 Å². The largest absolute Gasteiger partial charge is 0.375 e. The SMILES string of the molecule is C/C=C(\NC)NC(=O)C(NC)C(C)CCC.C=CC. The monoisotopic (exact) mass is 269 g/mol. The Bertz CT molecular complexity index is 275. The van der Waals surface area contributed by atoms with Gasteiger partial charge in [-0.1, -0.05) is 26.3 Å². The van der Waals surface area contributed by atoms with Gasteiger partial charge >= 0.3 is 0 Å². The van der Waals surface area contributed by atoms with Crippen molar-refractivity contribution < 1.29 is 4.79 Å². The summed E-state index contributed by atoms with van der Waals surface area (Å²) in [5.74, 6) is 1.10. The van der Waals surface area contributed by atoms with Crippen molar-refractivity contribution in [2.24, 2.45) is 5.92 Å². The molecule has 3 N–H and O–H groups in total. The Morgan fingerprint density at radius 2 is 1.84 bits per heavy atom. The second-order valence-electron chi connectivity index (χ2n) is 4.38. The minimum atomic E-state index is -0.136. The summed E-state index contributed by atoms with van der Waals surface area (Å²) in [6.45, 7) is 11.4. The molecule has 0 fully saturated rings. The molecule has 2 atom stereocenters. The maximum atomic E-state index is 12.0. The highest BCUT2D eigenvalue weighted by molar-refractivity contribution is 5.83. The fourth-order valence-corrected chi connectivity index (χ4v) is 1.79. The summed E-state index contributed by atoms with van der Waals surface area (Å²) in [6.07, 6.45) is 5.73. The summed E-state index contributed by atoms with van der Waals surface area (Å²) in [6, 6.07) is -0.136. The van der Waals surface area contributed by atoms with E-state index in [1.54, 1.807) is 13.1 Å². The maximum absolute atomic E-state index is 12.0. The molecule has 19 heavy (non-hydrogen) atoms. The van der Waals surface area contributed by atoms with E-state index in [0.29, 0.717) is 5.92 Å². The van der Waals surface area contributed by atoms with Gasteiger partial charge in [-0.15, -0.1) is 6.58 Å². The molecule has 0 aromatic heterocycles. The van der Waals surface area contributed by atoms with Gasteiger partial charge in [0.05, 0.1) is 6.04 Å². The van der Waals surface area contributed by atoms with Crippen molar-refractivity contribution in [3.8, 4) is 0 Å². The molecule has 0 aromatic carbocycles. The highest BCUT2D eigenvalue weighted by atomic mass is 16.2. The molecule has 0 bridgehead atoms. The van der Waals surface area contributed by atoms with Gasteiger partial charge in [-0.3, -0.25) is 4.79 Å². The van der Waals surface area contributed by atoms with Crippen LogP contribution in [0.3, 0.4) is 0 Å². The number of amides is 1. The van der Waals surface area contributed by atoms with E-state index in [4.69, 9.17) is 0 Å². The van der Waals surface area contributed by atoms with Crippen LogP contribution in [0.2, 0.25) is 0 Å². The number of hydrogen-bond acceptors (Lipinski definition) is 3. The highest BCUT2D eigenvalue weighted by Gasteiger charge is 2.22. The molecule has 4 nitrogen and oxygen atoms in total. The van der Waals surface area contributed by atoms with E-state index < -0.39 is 0 Å². The van der Waals surface area contributed by atoms with Crippen molar-refractivity contribution in [1.82, 2.24) is 16.0 Å². The average molecular weight is 269 g/mol. The first kappa shape index (κ1) is 20.0. The summed E-state index contributed by atoms with van der Waals surface area (Å²) in [5.41, 5.74) is 0. The smallest absolute Gasteiger partial charge is 0.242 e. The van der Waals surface area contributed by atoms with Gasteiger partial charge < -0.3 is 16.0 Å². The molecule has 112 valence electrons. The lowest BCUT2D eigenvalue weighted by Gasteiger charge is -2.23. The molecular formula is C15H31N3O. The molecule has 0 saturated carbocycles. The van der Waals surface area contributed by atoms with Crippen LogP contribution in [0.15, 0.2) is 24.6 Å². The standard InChI is InChI=1S/C12H25N3O.C3H6/c1-6-8-9(3)11(14-5)12(16)15-10(7-2)13-4;1-3-2/h7,9,11,13-14H,6,8H2,1-5H3,(H,15,16);3H,1H2,2H3/b10-7+;. The van der Waals surface area contributed by atoms with Crippen molar-refractivity contribution in [3.05, 3.63) is 24.6 Å². The van der Waals surface area contributed by atoms with Gasteiger partial charge in [-0.05, 0) is 39.3 Å². The lowest BCUT2D eigenvalue weighted by atomic mass is 9.96. The van der Waals surface area contributed by atoms with E-state index in [1.807, 2.05) is 27.0 Å². The molecule has 0 aliphatic carbocycles. The second-order valence-corrected chi connectivity index (χ2v) is 4.38. The summed E-state index contributed by atoms with van der Waals surface area (Å²) in [4.78, 5) is 12.0. The molecule has 0 aromatic rings. The number of allylic oxidation sites excluding steroid dienone is 2. The van der Waals surface area contributed by atoms with Gasteiger partial charge in [0.15, 0.2) is 0 Å². The van der Waals surface area contributed by atoms with Gasteiger partial charge in [0.2, 0.25) is 5.91 Å². The normalized spacial score (nSPS) is 13.7. The zero-order chi connectivity index (χ0) is 15.3. The van der Waals surface area contributed by atoms with E-state index in [-0.39, 0.29) is 11.9 Å². The van der Waals surface area contributed by atoms with Crippen molar-refractivity contribution in [1.29, 1.82) is 0 Å². The van der Waals surface area contributed by atoms with Crippen molar-refractivity contribution in [2.45, 2.75) is 46.6 Å². The van der Waals surface area contributed by atoms with E-state index in [9.17, 15) is 4.79 Å². The molecule has 1 amide bonds. The maximum Gasteiger partial charge on any atom is 0.242 e. The fourth-order valence-electron chi connectivity index (χ4n) is 1.79. The fraction of sp³-hybridized carbons (Fsp3) is 0.667. The van der Waals surface area contributed by atoms with E-state index >= 15 is 0 Å². The Kier molecular flexibility index (Phi) is 13.9. The Balaban J connectivity index is 0. The molecule has 0 rings (SSSR count). The number of carbonyl (C=O) groups is 1. The summed E-state index contributed by atoms with van der Waals surface area (Å²) >= 11 is 0. The molecule has 0 aliphatic rings. The lowest BCUT2D eigenvalue weighted by Crippen LogP contribution is -2.47. The van der Waals surface area contributed by atoms with Crippen LogP contribution < -0.4 is 16.0 Å². The van der Waals surface area contributed by atoms with Crippen LogP contribution in [0, 0.1) is 5.92 Å². The van der Waals surface area contributed by atoms with Gasteiger partial charge in [0, 0.05) is 7.05 Å². The van der Waals surface area contributed by atoms with E-state index in [0.717, 1.165) is 18.7 Å². The Hall–Kier alpha value is -1.29. The molecular weight excluding hydrogens is 238 g/mol. The van der Waals surface area contributed by atoms with Crippen molar-refractivity contribution >= 4 is 5.91 Å². The number of carbonyl (C=O) groups excluding carboxylic acids is 1. The van der Waals surface area contributed by atoms with Crippen LogP contribution in [0.5, 0.6) is 0 Å². The molecule has 4 heteroatoms. The number of rotatable bonds is 7. The molecule has 0 saturated heterocycles. The Morgan fingerprint density at radius 3 is 2.16 bits per heavy atom. The zero-order valence-corrected chi connectivity index (χ0v) is 13.3. The topological polar surface area (TPSA) is 53.2 Å². The van der Waals surface area contributed by atoms with E-state index in [2.05, 4.69) is 36.4 Å². The number of hydrogen-bond donors (Lipinski definition) is 3. The van der Waals surface area contributed by atoms with Crippen molar-refractivity contribution in [2.75, 3.05) is 14.1 Å². The third-order valence-electron chi connectivity index (χ3n) is 2.72. The Labute approximate surface area is 118 Å². The van der Waals surface area contributed by atoms with Crippen LogP contribution in [0.1, 0.15) is 40.5 Å². The lowest BCUT2D eigenvalue weighted by molar-refractivity contribution is -0.123. The third-order valence-corrected chi connectivity index (χ3v) is 2.72. The summed E-state index contributed by atoms with van der Waals surface area (Å²) in [5, 5.41) is 8.86. The molecule has 0 radical (unpaired) electrons. The summed E-state index contributed by atoms with van der Waals surface area (Å²) in [7, 11) is 3.62. The van der Waals surface area contributed by atoms with E-state index in [1.165, 1.54) is 0 Å². The van der Waals surface area contributed by atoms with Gasteiger partial charge in [-0.25, -0.2) is 0 Å². The first-order chi connectivity index (χ1) is 9.01. The molecule has 0 spiro atoms. The minimum Gasteiger partial charge on any atom is -0.375 e. The predicted octanol–water partition coefficient (Wildman–Crippen LogP) is 2.40. The Morgan fingerprint density at radius 1 is 1.32 bits per heavy atom. The van der Waals surface area contributed by atoms with Crippen molar-refractivity contribution in [3.63, 3.8) is 0 Å². The van der Waals surface area contributed by atoms with Crippen LogP contribution in [0.25, 0.3) is 0 Å². The number of likely N-dealkylation sites (N-methyl/N-ethyl adjacent to an activating group) is 1. The second kappa shape index (κ2) is 13.1. The van der Waals surface area contributed by atoms with Gasteiger partial charge in [0.1, 0.15) is 5.82 Å². The first-order valence-electron chi connectivity index (χ1n) is 6.91. The predicted molar refractivity (Wildman–Crippen MR) is 83.8 cm³/mol. The third kappa shape index (κ3) is 9.31. The first-order valence-corrected chi connectivity index (χ1v) is 6.91. The van der Waals surface area contributed by atoms with Gasteiger partial charge in [-0.2, -0.15) is 0 Å². The zero-order valence-electron chi connectivity index (χ0n) is 13.3. The van der Waals surface area contributed by atoms with Crippen LogP contribution in [-0.2, 0) is 4.79 Å². The number of nitrogens with one attached hydrogen (secondary N) is 3. The average Bonchev–Trinajstić information content (AvgIpc) is 2.38. The van der Waals surface area contributed by atoms with Crippen LogP contribution in [0.4, 0.5) is 0 Å². The molecule has 2 unspecified atom stereocenters. The molecule has 0 heterocycles. The molecule has 0 aliphatic heterocycles. The minimum absolute atomic E-state index is 0.0194. The van der Waals surface area contributed by atoms with Gasteiger partial charge in [0.25, 0.3) is 0 Å². The summed E-state index contributed by atoms with van der Waals surface area (Å²) < 4.78 is 0. The quantitative estimate of drug-likeness (QED) is 0.622. The van der Waals surface area contributed by atoms with Crippen LogP contribution >= 0.6 is 0 Å². The highest BCUT2D eigenvalue weighted by Crippen LogP contribution is 2.10.